The first-order valence-corrected chi connectivity index (χ1v) is 7.54. The maximum absolute atomic E-state index is 11.2. The van der Waals surface area contributed by atoms with Crippen LogP contribution in [0.15, 0.2) is 6.20 Å². The highest BCUT2D eigenvalue weighted by atomic mass is 32.2. The third-order valence-corrected chi connectivity index (χ3v) is 5.22. The highest BCUT2D eigenvalue weighted by Crippen LogP contribution is 2.24. The van der Waals surface area contributed by atoms with Crippen molar-refractivity contribution in [1.29, 1.82) is 0 Å². The number of carbonyl (C=O) groups is 1. The zero-order valence-electron chi connectivity index (χ0n) is 8.84. The molecule has 0 aliphatic carbocycles. The van der Waals surface area contributed by atoms with Crippen molar-refractivity contribution in [1.82, 2.24) is 4.98 Å². The lowest BCUT2D eigenvalue weighted by molar-refractivity contribution is 0.102. The van der Waals surface area contributed by atoms with Gasteiger partial charge < -0.3 is 4.90 Å². The fraction of sp³-hybridized carbons (Fsp3) is 0.556. The molecule has 1 aliphatic heterocycles. The molecular weight excluding hydrogens is 248 g/mol. The lowest BCUT2D eigenvalue weighted by Gasteiger charge is -2.25. The van der Waals surface area contributed by atoms with E-state index in [1.54, 1.807) is 6.20 Å². The largest absolute Gasteiger partial charge is 0.346 e. The number of hydrogen-bond donors (Lipinski definition) is 0. The van der Waals surface area contributed by atoms with Crippen LogP contribution in [0.5, 0.6) is 0 Å². The quantitative estimate of drug-likeness (QED) is 0.728. The van der Waals surface area contributed by atoms with E-state index in [1.165, 1.54) is 18.3 Å². The van der Waals surface area contributed by atoms with Gasteiger partial charge in [-0.2, -0.15) is 0 Å². The second-order valence-electron chi connectivity index (χ2n) is 3.70. The Morgan fingerprint density at radius 3 is 2.56 bits per heavy atom. The summed E-state index contributed by atoms with van der Waals surface area (Å²) in [5.74, 6) is 0.331. The van der Waals surface area contributed by atoms with Gasteiger partial charge in [-0.15, -0.1) is 0 Å². The molecule has 0 bridgehead atoms. The zero-order valence-corrected chi connectivity index (χ0v) is 10.5. The van der Waals surface area contributed by atoms with Crippen molar-refractivity contribution in [3.63, 3.8) is 0 Å². The molecule has 2 heterocycles. The van der Waals surface area contributed by atoms with Crippen LogP contribution in [0.4, 0.5) is 5.13 Å². The summed E-state index contributed by atoms with van der Waals surface area (Å²) in [6, 6.07) is 0. The third kappa shape index (κ3) is 2.41. The Balaban J connectivity index is 2.11. The van der Waals surface area contributed by atoms with Crippen molar-refractivity contribution in [2.75, 3.05) is 29.5 Å². The smallest absolute Gasteiger partial charge is 0.186 e. The molecule has 1 fully saturated rings. The maximum atomic E-state index is 11.2. The highest BCUT2D eigenvalue weighted by Gasteiger charge is 2.23. The van der Waals surface area contributed by atoms with Crippen molar-refractivity contribution in [2.24, 2.45) is 0 Å². The number of ketones is 1. The van der Waals surface area contributed by atoms with Gasteiger partial charge in [-0.25, -0.2) is 13.4 Å². The fourth-order valence-electron chi connectivity index (χ4n) is 1.48. The molecule has 0 aromatic carbocycles. The monoisotopic (exact) mass is 260 g/mol. The number of Topliss-reactive ketones (excluding diaryl/α,β-unsaturated/α-hetero) is 1. The molecule has 16 heavy (non-hydrogen) atoms. The molecule has 1 saturated heterocycles. The van der Waals surface area contributed by atoms with Gasteiger partial charge in [0.05, 0.1) is 22.6 Å². The molecule has 1 aromatic heterocycles. The van der Waals surface area contributed by atoms with Crippen molar-refractivity contribution in [3.05, 3.63) is 11.1 Å². The Bertz CT molecular complexity index is 493. The van der Waals surface area contributed by atoms with Gasteiger partial charge in [0.25, 0.3) is 0 Å². The SMILES string of the molecule is CC(=O)c1cnc(N2CCS(=O)(=O)CC2)s1. The van der Waals surface area contributed by atoms with Gasteiger partial charge in [0.1, 0.15) is 0 Å². The minimum absolute atomic E-state index is 0.00613. The van der Waals surface area contributed by atoms with Gasteiger partial charge in [-0.1, -0.05) is 11.3 Å². The predicted octanol–water partition coefficient (Wildman–Crippen LogP) is 0.580. The maximum Gasteiger partial charge on any atom is 0.186 e. The summed E-state index contributed by atoms with van der Waals surface area (Å²) < 4.78 is 22.5. The Morgan fingerprint density at radius 1 is 1.44 bits per heavy atom. The molecular formula is C9H12N2O3S2. The summed E-state index contributed by atoms with van der Waals surface area (Å²) in [5.41, 5.74) is 0. The third-order valence-electron chi connectivity index (χ3n) is 2.46. The molecule has 2 rings (SSSR count). The molecule has 0 spiro atoms. The van der Waals surface area contributed by atoms with Gasteiger partial charge in [0.2, 0.25) is 0 Å². The van der Waals surface area contributed by atoms with Crippen LogP contribution in [0.2, 0.25) is 0 Å². The molecule has 0 unspecified atom stereocenters. The topological polar surface area (TPSA) is 67.3 Å². The molecule has 0 radical (unpaired) electrons. The van der Waals surface area contributed by atoms with Gasteiger partial charge >= 0.3 is 0 Å². The fourth-order valence-corrected chi connectivity index (χ4v) is 3.54. The average molecular weight is 260 g/mol. The number of aromatic nitrogens is 1. The Hall–Kier alpha value is -0.950. The minimum atomic E-state index is -2.86. The van der Waals surface area contributed by atoms with Crippen molar-refractivity contribution >= 4 is 32.1 Å². The number of carbonyl (C=O) groups excluding carboxylic acids is 1. The summed E-state index contributed by atoms with van der Waals surface area (Å²) in [6.07, 6.45) is 1.55. The molecule has 0 atom stereocenters. The van der Waals surface area contributed by atoms with E-state index in [4.69, 9.17) is 0 Å². The summed E-state index contributed by atoms with van der Waals surface area (Å²) in [5, 5.41) is 0.736. The molecule has 1 aromatic rings. The molecule has 5 nitrogen and oxygen atoms in total. The highest BCUT2D eigenvalue weighted by molar-refractivity contribution is 7.91. The Kier molecular flexibility index (Phi) is 2.98. The minimum Gasteiger partial charge on any atom is -0.346 e. The number of rotatable bonds is 2. The van der Waals surface area contributed by atoms with E-state index in [2.05, 4.69) is 4.98 Å². The van der Waals surface area contributed by atoms with Crippen molar-refractivity contribution < 1.29 is 13.2 Å². The number of anilines is 1. The summed E-state index contributed by atoms with van der Waals surface area (Å²) in [7, 11) is -2.86. The second-order valence-corrected chi connectivity index (χ2v) is 7.01. The van der Waals surface area contributed by atoms with Crippen LogP contribution in [0.3, 0.4) is 0 Å². The van der Waals surface area contributed by atoms with E-state index in [9.17, 15) is 13.2 Å². The van der Waals surface area contributed by atoms with E-state index >= 15 is 0 Å². The summed E-state index contributed by atoms with van der Waals surface area (Å²) >= 11 is 1.32. The van der Waals surface area contributed by atoms with Crippen LogP contribution < -0.4 is 4.90 Å². The summed E-state index contributed by atoms with van der Waals surface area (Å²) in [4.78, 5) is 17.8. The van der Waals surface area contributed by atoms with Crippen LogP contribution >= 0.6 is 11.3 Å². The van der Waals surface area contributed by atoms with Crippen molar-refractivity contribution in [3.8, 4) is 0 Å². The first-order chi connectivity index (χ1) is 7.48. The lowest BCUT2D eigenvalue weighted by atomic mass is 10.4. The van der Waals surface area contributed by atoms with E-state index in [0.29, 0.717) is 18.0 Å². The standard InChI is InChI=1S/C9H12N2O3S2/c1-7(12)8-6-10-9(15-8)11-2-4-16(13,14)5-3-11/h6H,2-5H2,1H3. The van der Waals surface area contributed by atoms with E-state index in [-0.39, 0.29) is 17.3 Å². The summed E-state index contributed by atoms with van der Waals surface area (Å²) in [6.45, 7) is 2.43. The Morgan fingerprint density at radius 2 is 2.06 bits per heavy atom. The van der Waals surface area contributed by atoms with Crippen molar-refractivity contribution in [2.45, 2.75) is 6.92 Å². The van der Waals surface area contributed by atoms with Crippen LogP contribution in [0.1, 0.15) is 16.6 Å². The van der Waals surface area contributed by atoms with Crippen LogP contribution in [-0.4, -0.2) is 43.8 Å². The first-order valence-electron chi connectivity index (χ1n) is 4.90. The van der Waals surface area contributed by atoms with Gasteiger partial charge in [-0.3, -0.25) is 4.79 Å². The van der Waals surface area contributed by atoms with Crippen LogP contribution in [0.25, 0.3) is 0 Å². The average Bonchev–Trinajstić information content (AvgIpc) is 2.66. The number of nitrogens with zero attached hydrogens (tertiary/aromatic N) is 2. The Labute approximate surface area is 98.0 Å². The molecule has 0 N–H and O–H groups in total. The van der Waals surface area contributed by atoms with Crippen LogP contribution in [0, 0.1) is 0 Å². The van der Waals surface area contributed by atoms with E-state index in [0.717, 1.165) is 5.13 Å². The molecule has 1 aliphatic rings. The number of hydrogen-bond acceptors (Lipinski definition) is 6. The molecule has 0 amide bonds. The second kappa shape index (κ2) is 4.14. The molecule has 0 saturated carbocycles. The van der Waals surface area contributed by atoms with Gasteiger partial charge in [0, 0.05) is 20.0 Å². The van der Waals surface area contributed by atoms with Crippen LogP contribution in [-0.2, 0) is 9.84 Å². The zero-order chi connectivity index (χ0) is 11.8. The normalized spacial score (nSPS) is 19.7. The van der Waals surface area contributed by atoms with E-state index < -0.39 is 9.84 Å². The predicted molar refractivity (Wildman–Crippen MR) is 63.0 cm³/mol. The first kappa shape index (κ1) is 11.5. The van der Waals surface area contributed by atoms with Gasteiger partial charge in [-0.05, 0) is 0 Å². The lowest BCUT2D eigenvalue weighted by Crippen LogP contribution is -2.40. The molecule has 88 valence electrons. The molecule has 7 heteroatoms. The van der Waals surface area contributed by atoms with Gasteiger partial charge in [0.15, 0.2) is 20.8 Å². The number of thiazole rings is 1. The van der Waals surface area contributed by atoms with E-state index in [1.807, 2.05) is 4.90 Å². The number of sulfone groups is 1.